The van der Waals surface area contributed by atoms with Crippen molar-refractivity contribution in [3.05, 3.63) is 29.6 Å². The number of methoxy groups -OCH3 is 1. The maximum atomic E-state index is 13.4. The van der Waals surface area contributed by atoms with Crippen molar-refractivity contribution in [1.29, 1.82) is 0 Å². The highest BCUT2D eigenvalue weighted by molar-refractivity contribution is 5.30. The Labute approximate surface area is 108 Å². The van der Waals surface area contributed by atoms with Crippen LogP contribution in [0.1, 0.15) is 11.7 Å². The molecule has 0 amide bonds. The van der Waals surface area contributed by atoms with Crippen LogP contribution in [0.3, 0.4) is 0 Å². The first-order valence-electron chi connectivity index (χ1n) is 5.13. The second kappa shape index (κ2) is 5.47. The summed E-state index contributed by atoms with van der Waals surface area (Å²) in [6.45, 7) is 0. The van der Waals surface area contributed by atoms with Crippen LogP contribution in [0.25, 0.3) is 0 Å². The minimum atomic E-state index is -5.76. The number of aliphatic hydroxyl groups excluding tert-OH is 1. The van der Waals surface area contributed by atoms with Crippen molar-refractivity contribution in [1.82, 2.24) is 0 Å². The predicted octanol–water partition coefficient (Wildman–Crippen LogP) is 3.61. The first-order chi connectivity index (χ1) is 8.98. The molecule has 1 N–H and O–H groups in total. The van der Waals surface area contributed by atoms with Crippen LogP contribution in [-0.4, -0.2) is 24.6 Å². The molecular weight excluding hydrogens is 297 g/mol. The Morgan fingerprint density at radius 3 is 1.90 bits per heavy atom. The summed E-state index contributed by atoms with van der Waals surface area (Å²) in [6, 6.07) is 2.15. The number of hydrogen-bond acceptors (Lipinski definition) is 2. The highest BCUT2D eigenvalue weighted by Crippen LogP contribution is 2.46. The number of ether oxygens (including phenoxy) is 1. The minimum Gasteiger partial charge on any atom is -0.497 e. The number of rotatable bonds is 3. The zero-order chi connectivity index (χ0) is 15.7. The Morgan fingerprint density at radius 2 is 1.55 bits per heavy atom. The molecule has 1 atom stereocenters. The van der Waals surface area contributed by atoms with Crippen molar-refractivity contribution in [3.8, 4) is 5.75 Å². The number of alkyl halides is 6. The van der Waals surface area contributed by atoms with Crippen LogP contribution in [0.15, 0.2) is 18.2 Å². The average Bonchev–Trinajstić information content (AvgIpc) is 2.24. The molecule has 0 radical (unpaired) electrons. The summed E-state index contributed by atoms with van der Waals surface area (Å²) >= 11 is 0. The van der Waals surface area contributed by atoms with Crippen LogP contribution < -0.4 is 4.74 Å². The van der Waals surface area contributed by atoms with E-state index >= 15 is 0 Å². The van der Waals surface area contributed by atoms with Crippen molar-refractivity contribution >= 4 is 0 Å². The van der Waals surface area contributed by atoms with Gasteiger partial charge in [0, 0.05) is 11.6 Å². The van der Waals surface area contributed by atoms with E-state index < -0.39 is 35.8 Å². The molecule has 0 aromatic heterocycles. The molecule has 0 saturated carbocycles. The van der Waals surface area contributed by atoms with E-state index in [1.54, 1.807) is 0 Å². The highest BCUT2D eigenvalue weighted by atomic mass is 19.4. The molecule has 0 heterocycles. The summed E-state index contributed by atoms with van der Waals surface area (Å²) in [6.07, 6.45) is -14.6. The lowest BCUT2D eigenvalue weighted by Gasteiger charge is -2.27. The van der Waals surface area contributed by atoms with E-state index in [4.69, 9.17) is 0 Å². The van der Waals surface area contributed by atoms with Crippen LogP contribution in [0, 0.1) is 11.7 Å². The van der Waals surface area contributed by atoms with Crippen molar-refractivity contribution in [2.24, 2.45) is 5.92 Å². The summed E-state index contributed by atoms with van der Waals surface area (Å²) in [4.78, 5) is 0. The van der Waals surface area contributed by atoms with Gasteiger partial charge in [0.05, 0.1) is 7.11 Å². The average molecular weight is 306 g/mol. The fourth-order valence-corrected chi connectivity index (χ4v) is 1.60. The molecule has 1 aromatic rings. The highest BCUT2D eigenvalue weighted by Gasteiger charge is 2.60. The van der Waals surface area contributed by atoms with Gasteiger partial charge in [0.2, 0.25) is 0 Å². The maximum Gasteiger partial charge on any atom is 0.403 e. The molecule has 1 rings (SSSR count). The van der Waals surface area contributed by atoms with Gasteiger partial charge in [0.1, 0.15) is 17.7 Å². The number of aliphatic hydroxyl groups is 1. The fraction of sp³-hybridized carbons (Fsp3) is 0.455. The lowest BCUT2D eigenvalue weighted by atomic mass is 9.94. The molecule has 114 valence electrons. The predicted molar refractivity (Wildman–Crippen MR) is 53.5 cm³/mol. The van der Waals surface area contributed by atoms with E-state index in [0.717, 1.165) is 13.2 Å². The molecular formula is C11H9F7O2. The van der Waals surface area contributed by atoms with E-state index in [-0.39, 0.29) is 5.75 Å². The number of benzene rings is 1. The van der Waals surface area contributed by atoms with Crippen molar-refractivity contribution in [2.45, 2.75) is 18.5 Å². The molecule has 0 fully saturated rings. The second-order valence-corrected chi connectivity index (χ2v) is 3.89. The maximum absolute atomic E-state index is 13.4. The van der Waals surface area contributed by atoms with Gasteiger partial charge in [-0.15, -0.1) is 0 Å². The Bertz CT molecular complexity index is 453. The Balaban J connectivity index is 3.23. The van der Waals surface area contributed by atoms with Gasteiger partial charge in [-0.3, -0.25) is 0 Å². The van der Waals surface area contributed by atoms with E-state index in [0.29, 0.717) is 12.1 Å². The summed E-state index contributed by atoms with van der Waals surface area (Å²) in [7, 11) is 1.14. The van der Waals surface area contributed by atoms with Gasteiger partial charge in [-0.25, -0.2) is 4.39 Å². The van der Waals surface area contributed by atoms with Gasteiger partial charge in [0.25, 0.3) is 0 Å². The molecule has 0 bridgehead atoms. The van der Waals surface area contributed by atoms with E-state index in [1.165, 1.54) is 0 Å². The normalized spacial score (nSPS) is 14.5. The Kier molecular flexibility index (Phi) is 4.52. The molecule has 1 aromatic carbocycles. The van der Waals surface area contributed by atoms with Crippen molar-refractivity contribution < 1.29 is 40.6 Å². The standard InChI is InChI=1S/C11H9F7O2/c1-20-5-2-3-6(7(12)4-5)8(19)9(10(13,14)15)11(16,17)18/h2-4,8-9,19H,1H3. The van der Waals surface area contributed by atoms with Gasteiger partial charge < -0.3 is 9.84 Å². The van der Waals surface area contributed by atoms with E-state index in [9.17, 15) is 35.8 Å². The van der Waals surface area contributed by atoms with Gasteiger partial charge in [-0.2, -0.15) is 26.3 Å². The van der Waals surface area contributed by atoms with Crippen molar-refractivity contribution in [2.75, 3.05) is 7.11 Å². The lowest BCUT2D eigenvalue weighted by Crippen LogP contribution is -2.41. The largest absolute Gasteiger partial charge is 0.497 e. The van der Waals surface area contributed by atoms with Gasteiger partial charge >= 0.3 is 12.4 Å². The zero-order valence-electron chi connectivity index (χ0n) is 9.89. The smallest absolute Gasteiger partial charge is 0.403 e. The lowest BCUT2D eigenvalue weighted by molar-refractivity contribution is -0.307. The zero-order valence-corrected chi connectivity index (χ0v) is 9.89. The molecule has 2 nitrogen and oxygen atoms in total. The third-order valence-corrected chi connectivity index (χ3v) is 2.55. The van der Waals surface area contributed by atoms with Crippen LogP contribution in [0.4, 0.5) is 30.7 Å². The van der Waals surface area contributed by atoms with Gasteiger partial charge in [-0.1, -0.05) is 0 Å². The van der Waals surface area contributed by atoms with Crippen molar-refractivity contribution in [3.63, 3.8) is 0 Å². The first-order valence-corrected chi connectivity index (χ1v) is 5.13. The van der Waals surface area contributed by atoms with Gasteiger partial charge in [0.15, 0.2) is 5.92 Å². The minimum absolute atomic E-state index is 0.103. The van der Waals surface area contributed by atoms with Crippen LogP contribution in [0.2, 0.25) is 0 Å². The Morgan fingerprint density at radius 1 is 1.05 bits per heavy atom. The molecule has 0 saturated heterocycles. The third-order valence-electron chi connectivity index (χ3n) is 2.55. The topological polar surface area (TPSA) is 29.5 Å². The molecule has 1 unspecified atom stereocenters. The summed E-state index contributed by atoms with van der Waals surface area (Å²) in [5.41, 5.74) is -1.11. The molecule has 0 aliphatic heterocycles. The van der Waals surface area contributed by atoms with E-state index in [2.05, 4.69) is 4.74 Å². The van der Waals surface area contributed by atoms with E-state index in [1.807, 2.05) is 0 Å². The first kappa shape index (κ1) is 16.5. The molecule has 0 aliphatic rings. The number of halogens is 7. The van der Waals surface area contributed by atoms with Gasteiger partial charge in [-0.05, 0) is 12.1 Å². The molecule has 20 heavy (non-hydrogen) atoms. The summed E-state index contributed by atoms with van der Waals surface area (Å²) < 4.78 is 92.4. The molecule has 0 spiro atoms. The van der Waals surface area contributed by atoms with Crippen LogP contribution in [-0.2, 0) is 0 Å². The SMILES string of the molecule is COc1ccc(C(O)C(C(F)(F)F)C(F)(F)F)c(F)c1. The van der Waals surface area contributed by atoms with Crippen LogP contribution in [0.5, 0.6) is 5.75 Å². The number of hydrogen-bond donors (Lipinski definition) is 1. The second-order valence-electron chi connectivity index (χ2n) is 3.89. The monoisotopic (exact) mass is 306 g/mol. The fourth-order valence-electron chi connectivity index (χ4n) is 1.60. The quantitative estimate of drug-likeness (QED) is 0.865. The third kappa shape index (κ3) is 3.53. The van der Waals surface area contributed by atoms with Crippen LogP contribution >= 0.6 is 0 Å². The summed E-state index contributed by atoms with van der Waals surface area (Å²) in [5.74, 6) is -5.60. The molecule has 9 heteroatoms. The Hall–Kier alpha value is -1.51. The molecule has 0 aliphatic carbocycles. The summed E-state index contributed by atoms with van der Waals surface area (Å²) in [5, 5.41) is 9.28.